The van der Waals surface area contributed by atoms with E-state index in [0.29, 0.717) is 0 Å². The molecule has 9 aromatic rings. The van der Waals surface area contributed by atoms with Gasteiger partial charge in [0, 0.05) is 33.8 Å². The highest BCUT2D eigenvalue weighted by Gasteiger charge is 2.17. The molecule has 216 valence electrons. The summed E-state index contributed by atoms with van der Waals surface area (Å²) in [5.41, 5.74) is 12.5. The molecular formula is C42H27N3S. The number of fused-ring (bicyclic) bond motifs is 4. The van der Waals surface area contributed by atoms with Crippen molar-refractivity contribution in [2.45, 2.75) is 0 Å². The van der Waals surface area contributed by atoms with Crippen LogP contribution in [0.25, 0.3) is 81.8 Å². The fraction of sp³-hybridized carbons (Fsp3) is 0. The maximum absolute atomic E-state index is 5.09. The Balaban J connectivity index is 1.24. The quantitative estimate of drug-likeness (QED) is 0.195. The van der Waals surface area contributed by atoms with Gasteiger partial charge in [-0.1, -0.05) is 103 Å². The van der Waals surface area contributed by atoms with Crippen LogP contribution in [0.15, 0.2) is 164 Å². The average molecular weight is 606 g/mol. The molecule has 0 saturated heterocycles. The summed E-state index contributed by atoms with van der Waals surface area (Å²) in [5.74, 6) is 0. The van der Waals surface area contributed by atoms with Crippen molar-refractivity contribution in [3.05, 3.63) is 164 Å². The summed E-state index contributed by atoms with van der Waals surface area (Å²) in [6, 6.07) is 56.0. The molecular weight excluding hydrogens is 579 g/mol. The molecule has 0 aliphatic carbocycles. The van der Waals surface area contributed by atoms with Gasteiger partial charge in [-0.2, -0.15) is 0 Å². The molecule has 0 atom stereocenters. The van der Waals surface area contributed by atoms with E-state index < -0.39 is 0 Å². The Bertz CT molecular complexity index is 2510. The van der Waals surface area contributed by atoms with Crippen molar-refractivity contribution in [3.63, 3.8) is 0 Å². The lowest BCUT2D eigenvalue weighted by molar-refractivity contribution is 1.18. The van der Waals surface area contributed by atoms with Gasteiger partial charge >= 0.3 is 0 Å². The minimum Gasteiger partial charge on any atom is -0.309 e. The number of aromatic nitrogens is 3. The maximum atomic E-state index is 5.09. The van der Waals surface area contributed by atoms with Crippen molar-refractivity contribution in [1.29, 1.82) is 0 Å². The molecule has 0 spiro atoms. The second kappa shape index (κ2) is 11.0. The lowest BCUT2D eigenvalue weighted by Crippen LogP contribution is -1.95. The van der Waals surface area contributed by atoms with Crippen molar-refractivity contribution < 1.29 is 0 Å². The Morgan fingerprint density at radius 3 is 1.96 bits per heavy atom. The van der Waals surface area contributed by atoms with Crippen molar-refractivity contribution in [2.24, 2.45) is 0 Å². The summed E-state index contributed by atoms with van der Waals surface area (Å²) in [6.07, 6.45) is 1.85. The van der Waals surface area contributed by atoms with Crippen LogP contribution in [0.3, 0.4) is 0 Å². The highest BCUT2D eigenvalue weighted by molar-refractivity contribution is 7.21. The molecule has 0 N–H and O–H groups in total. The van der Waals surface area contributed by atoms with Gasteiger partial charge in [0.1, 0.15) is 5.01 Å². The summed E-state index contributed by atoms with van der Waals surface area (Å²) in [7, 11) is 0. The normalized spacial score (nSPS) is 11.5. The second-order valence-corrected chi connectivity index (χ2v) is 12.5. The van der Waals surface area contributed by atoms with Gasteiger partial charge in [-0.3, -0.25) is 4.98 Å². The topological polar surface area (TPSA) is 30.7 Å². The Hall–Kier alpha value is -5.84. The number of hydrogen-bond donors (Lipinski definition) is 0. The van der Waals surface area contributed by atoms with Crippen molar-refractivity contribution >= 4 is 43.4 Å². The first-order valence-electron chi connectivity index (χ1n) is 15.4. The van der Waals surface area contributed by atoms with Crippen LogP contribution < -0.4 is 0 Å². The number of rotatable bonds is 5. The molecule has 46 heavy (non-hydrogen) atoms. The average Bonchev–Trinajstić information content (AvgIpc) is 3.71. The SMILES string of the molecule is c1ccc(-c2ccc3nc(-c4ccc5c6cc(-c7ccccc7)ccc6n(-c6cccc(-c7ccccn7)c6)c5c4)sc3c2)cc1. The molecule has 4 heteroatoms. The highest BCUT2D eigenvalue weighted by atomic mass is 32.1. The molecule has 9 rings (SSSR count). The lowest BCUT2D eigenvalue weighted by atomic mass is 10.0. The second-order valence-electron chi connectivity index (χ2n) is 11.5. The van der Waals surface area contributed by atoms with Gasteiger partial charge in [-0.15, -0.1) is 11.3 Å². The standard InChI is InChI=1S/C42H27N3S/c1-3-10-28(11-4-1)30-19-22-39-36(25-30)35-20-17-33(42-44-38-21-18-31(27-41(38)46-42)29-12-5-2-6-13-29)26-40(35)45(39)34-15-9-14-32(24-34)37-16-7-8-23-43-37/h1-27H. The third kappa shape index (κ3) is 4.59. The first kappa shape index (κ1) is 26.6. The van der Waals surface area contributed by atoms with E-state index in [0.717, 1.165) is 38.5 Å². The molecule has 0 aliphatic heterocycles. The minimum absolute atomic E-state index is 0.960. The fourth-order valence-corrected chi connectivity index (χ4v) is 7.44. The Labute approximate surface area is 270 Å². The zero-order chi connectivity index (χ0) is 30.5. The summed E-state index contributed by atoms with van der Waals surface area (Å²) in [4.78, 5) is 9.71. The molecule has 0 unspecified atom stereocenters. The maximum Gasteiger partial charge on any atom is 0.124 e. The zero-order valence-electron chi connectivity index (χ0n) is 24.8. The van der Waals surface area contributed by atoms with Crippen LogP contribution in [-0.4, -0.2) is 14.5 Å². The molecule has 0 amide bonds. The predicted octanol–water partition coefficient (Wildman–Crippen LogP) is 11.5. The third-order valence-electron chi connectivity index (χ3n) is 8.68. The highest BCUT2D eigenvalue weighted by Crippen LogP contribution is 2.39. The predicted molar refractivity (Wildman–Crippen MR) is 193 cm³/mol. The summed E-state index contributed by atoms with van der Waals surface area (Å²) < 4.78 is 3.57. The van der Waals surface area contributed by atoms with E-state index in [1.165, 1.54) is 43.2 Å². The van der Waals surface area contributed by atoms with Gasteiger partial charge in [0.25, 0.3) is 0 Å². The van der Waals surface area contributed by atoms with E-state index in [4.69, 9.17) is 4.98 Å². The number of nitrogens with zero attached hydrogens (tertiary/aromatic N) is 3. The van der Waals surface area contributed by atoms with E-state index in [-0.39, 0.29) is 0 Å². The first-order valence-corrected chi connectivity index (χ1v) is 16.2. The van der Waals surface area contributed by atoms with Crippen LogP contribution in [0.2, 0.25) is 0 Å². The molecule has 3 nitrogen and oxygen atoms in total. The van der Waals surface area contributed by atoms with Gasteiger partial charge in [0.15, 0.2) is 0 Å². The van der Waals surface area contributed by atoms with Crippen molar-refractivity contribution in [2.75, 3.05) is 0 Å². The number of thiazole rings is 1. The largest absolute Gasteiger partial charge is 0.309 e. The van der Waals surface area contributed by atoms with Crippen molar-refractivity contribution in [3.8, 4) is 49.8 Å². The minimum atomic E-state index is 0.960. The Kier molecular flexibility index (Phi) is 6.32. The van der Waals surface area contributed by atoms with E-state index in [1.54, 1.807) is 11.3 Å². The number of hydrogen-bond acceptors (Lipinski definition) is 3. The summed E-state index contributed by atoms with van der Waals surface area (Å²) in [6.45, 7) is 0. The van der Waals surface area contributed by atoms with Crippen molar-refractivity contribution in [1.82, 2.24) is 14.5 Å². The summed E-state index contributed by atoms with van der Waals surface area (Å²) in [5, 5.41) is 3.46. The van der Waals surface area contributed by atoms with Gasteiger partial charge in [0.05, 0.1) is 26.9 Å². The van der Waals surface area contributed by atoms with Crippen LogP contribution in [0.5, 0.6) is 0 Å². The van der Waals surface area contributed by atoms with Gasteiger partial charge in [-0.25, -0.2) is 4.98 Å². The lowest BCUT2D eigenvalue weighted by Gasteiger charge is -2.11. The molecule has 0 radical (unpaired) electrons. The van der Waals surface area contributed by atoms with Gasteiger partial charge in [0.2, 0.25) is 0 Å². The molecule has 6 aromatic carbocycles. The monoisotopic (exact) mass is 605 g/mol. The Morgan fingerprint density at radius 2 is 1.17 bits per heavy atom. The molecule has 0 saturated carbocycles. The molecule has 0 bridgehead atoms. The molecule has 3 heterocycles. The van der Waals surface area contributed by atoms with E-state index in [9.17, 15) is 0 Å². The smallest absolute Gasteiger partial charge is 0.124 e. The zero-order valence-corrected chi connectivity index (χ0v) is 25.7. The summed E-state index contributed by atoms with van der Waals surface area (Å²) >= 11 is 1.75. The fourth-order valence-electron chi connectivity index (χ4n) is 6.44. The van der Waals surface area contributed by atoms with E-state index in [1.807, 2.05) is 18.3 Å². The van der Waals surface area contributed by atoms with Crippen LogP contribution in [0, 0.1) is 0 Å². The van der Waals surface area contributed by atoms with E-state index in [2.05, 4.69) is 155 Å². The van der Waals surface area contributed by atoms with Gasteiger partial charge in [-0.05, 0) is 76.9 Å². The van der Waals surface area contributed by atoms with Crippen LogP contribution >= 0.6 is 11.3 Å². The van der Waals surface area contributed by atoms with Crippen LogP contribution in [-0.2, 0) is 0 Å². The number of benzene rings is 6. The molecule has 0 aliphatic rings. The third-order valence-corrected chi connectivity index (χ3v) is 9.75. The van der Waals surface area contributed by atoms with Gasteiger partial charge < -0.3 is 4.57 Å². The van der Waals surface area contributed by atoms with E-state index >= 15 is 0 Å². The molecule has 3 aromatic heterocycles. The van der Waals surface area contributed by atoms with Crippen LogP contribution in [0.1, 0.15) is 0 Å². The Morgan fingerprint density at radius 1 is 0.457 bits per heavy atom. The van der Waals surface area contributed by atoms with Crippen LogP contribution in [0.4, 0.5) is 0 Å². The first-order chi connectivity index (χ1) is 22.8. The number of pyridine rings is 1. The molecule has 0 fully saturated rings.